The first kappa shape index (κ1) is 9.90. The van der Waals surface area contributed by atoms with Gasteiger partial charge in [0.15, 0.2) is 0 Å². The van der Waals surface area contributed by atoms with Crippen molar-refractivity contribution in [2.45, 2.75) is 32.8 Å². The Bertz CT molecular complexity index is 237. The normalized spacial score (nSPS) is 9.92. The van der Waals surface area contributed by atoms with Gasteiger partial charge in [-0.15, -0.1) is 5.56 Å². The van der Waals surface area contributed by atoms with E-state index in [2.05, 4.69) is 6.92 Å². The van der Waals surface area contributed by atoms with Crippen LogP contribution in [0.2, 0.25) is 0 Å². The molecule has 1 aromatic rings. The highest BCUT2D eigenvalue weighted by molar-refractivity contribution is 5.69. The molecule has 0 spiro atoms. The van der Waals surface area contributed by atoms with Crippen LogP contribution in [0.15, 0.2) is 24.3 Å². The van der Waals surface area contributed by atoms with Crippen LogP contribution < -0.4 is 0 Å². The van der Waals surface area contributed by atoms with Gasteiger partial charge in [0, 0.05) is 6.42 Å². The third-order valence-electron chi connectivity index (χ3n) is 1.87. The van der Waals surface area contributed by atoms with Gasteiger partial charge in [-0.05, 0) is 6.42 Å². The van der Waals surface area contributed by atoms with E-state index in [0.717, 1.165) is 18.4 Å². The van der Waals surface area contributed by atoms with E-state index in [1.165, 1.54) is 0 Å². The molecule has 13 heavy (non-hydrogen) atoms. The molecule has 0 aliphatic rings. The number of carbonyl (C=O) groups excluding carboxylic acids is 1. The molecule has 0 bridgehead atoms. The van der Waals surface area contributed by atoms with Gasteiger partial charge in [-0.3, -0.25) is 4.79 Å². The zero-order valence-corrected chi connectivity index (χ0v) is 7.95. The monoisotopic (exact) mass is 179 g/mol. The molecule has 0 N–H and O–H groups in total. The van der Waals surface area contributed by atoms with Gasteiger partial charge in [0.25, 0.3) is 0 Å². The second kappa shape index (κ2) is 5.46. The van der Waals surface area contributed by atoms with E-state index < -0.39 is 0 Å². The topological polar surface area (TPSA) is 26.3 Å². The first-order valence-electron chi connectivity index (χ1n) is 4.69. The van der Waals surface area contributed by atoms with Crippen LogP contribution in [0, 0.1) is 0 Å². The molecule has 2 heteroatoms. The summed E-state index contributed by atoms with van der Waals surface area (Å²) in [5.41, 5.74) is 1.06. The maximum absolute atomic E-state index is 11.1. The molecule has 0 fully saturated rings. The minimum atomic E-state index is -0.0944. The highest BCUT2D eigenvalue weighted by atomic mass is 16.5. The smallest absolute Gasteiger partial charge is 0.306 e. The van der Waals surface area contributed by atoms with Gasteiger partial charge in [0.2, 0.25) is 0 Å². The third kappa shape index (κ3) is 3.83. The van der Waals surface area contributed by atoms with Crippen molar-refractivity contribution in [2.24, 2.45) is 0 Å². The number of hydrogen-bond acceptors (Lipinski definition) is 2. The first-order chi connectivity index (χ1) is 6.33. The molecule has 72 valence electrons. The fraction of sp³-hybridized carbons (Fsp3) is 0.455. The summed E-state index contributed by atoms with van der Waals surface area (Å²) in [6.45, 7) is 2.47. The lowest BCUT2D eigenvalue weighted by molar-refractivity contribution is -0.145. The molecule has 0 aromatic heterocycles. The van der Waals surface area contributed by atoms with Gasteiger partial charge < -0.3 is 4.74 Å². The van der Waals surface area contributed by atoms with E-state index in [9.17, 15) is 4.79 Å². The lowest BCUT2D eigenvalue weighted by Gasteiger charge is -2.04. The fourth-order valence-corrected chi connectivity index (χ4v) is 1.07. The van der Waals surface area contributed by atoms with Gasteiger partial charge in [-0.25, -0.2) is 12.1 Å². The quantitative estimate of drug-likeness (QED) is 0.513. The van der Waals surface area contributed by atoms with Crippen molar-refractivity contribution < 1.29 is 9.53 Å². The summed E-state index contributed by atoms with van der Waals surface area (Å²) < 4.78 is 5.05. The molecule has 1 aromatic carbocycles. The zero-order valence-electron chi connectivity index (χ0n) is 7.95. The number of esters is 1. The number of rotatable bonds is 5. The van der Waals surface area contributed by atoms with E-state index in [1.807, 2.05) is 24.3 Å². The lowest BCUT2D eigenvalue weighted by Crippen LogP contribution is -2.03. The summed E-state index contributed by atoms with van der Waals surface area (Å²) in [4.78, 5) is 11.1. The van der Waals surface area contributed by atoms with Gasteiger partial charge in [-0.1, -0.05) is 13.3 Å². The van der Waals surface area contributed by atoms with Crippen molar-refractivity contribution >= 4 is 5.97 Å². The Balaban J connectivity index is 2.15. The standard InChI is InChI=1S/C11H15O2/c1-2-3-8-11(12)13-9-10-6-4-5-7-10/h4-7H,2-3,8-9H2,1H3/q-1. The second-order valence-electron chi connectivity index (χ2n) is 3.06. The van der Waals surface area contributed by atoms with Crippen LogP contribution >= 0.6 is 0 Å². The Kier molecular flexibility index (Phi) is 4.16. The fourth-order valence-electron chi connectivity index (χ4n) is 1.07. The van der Waals surface area contributed by atoms with Crippen molar-refractivity contribution in [3.63, 3.8) is 0 Å². The van der Waals surface area contributed by atoms with Gasteiger partial charge in [0.05, 0.1) is 6.61 Å². The first-order valence-corrected chi connectivity index (χ1v) is 4.69. The SMILES string of the molecule is CCCCC(=O)OCc1ccc[cH-]1. The third-order valence-corrected chi connectivity index (χ3v) is 1.87. The van der Waals surface area contributed by atoms with E-state index in [0.29, 0.717) is 13.0 Å². The zero-order chi connectivity index (χ0) is 9.52. The Morgan fingerprint density at radius 2 is 2.46 bits per heavy atom. The summed E-state index contributed by atoms with van der Waals surface area (Å²) in [5, 5.41) is 0. The van der Waals surface area contributed by atoms with E-state index >= 15 is 0 Å². The predicted octanol–water partition coefficient (Wildman–Crippen LogP) is 2.64. The molecular weight excluding hydrogens is 164 g/mol. The predicted molar refractivity (Wildman–Crippen MR) is 51.4 cm³/mol. The van der Waals surface area contributed by atoms with E-state index in [4.69, 9.17) is 4.74 Å². The van der Waals surface area contributed by atoms with E-state index in [-0.39, 0.29) is 5.97 Å². The molecule has 2 nitrogen and oxygen atoms in total. The van der Waals surface area contributed by atoms with Crippen molar-refractivity contribution in [1.29, 1.82) is 0 Å². The van der Waals surface area contributed by atoms with Crippen LogP contribution in [-0.4, -0.2) is 5.97 Å². The maximum atomic E-state index is 11.1. The van der Waals surface area contributed by atoms with Crippen molar-refractivity contribution in [3.8, 4) is 0 Å². The number of carbonyl (C=O) groups is 1. The Labute approximate surface area is 78.9 Å². The highest BCUT2D eigenvalue weighted by Crippen LogP contribution is 2.04. The van der Waals surface area contributed by atoms with Gasteiger partial charge in [0.1, 0.15) is 0 Å². The maximum Gasteiger partial charge on any atom is 0.306 e. The molecule has 0 saturated carbocycles. The Morgan fingerprint density at radius 3 is 3.08 bits per heavy atom. The van der Waals surface area contributed by atoms with Gasteiger partial charge in [-0.2, -0.15) is 12.1 Å². The van der Waals surface area contributed by atoms with E-state index in [1.54, 1.807) is 0 Å². The van der Waals surface area contributed by atoms with Crippen molar-refractivity contribution in [3.05, 3.63) is 29.8 Å². The van der Waals surface area contributed by atoms with Crippen molar-refractivity contribution in [1.82, 2.24) is 0 Å². The summed E-state index contributed by atoms with van der Waals surface area (Å²) in [6, 6.07) is 7.78. The van der Waals surface area contributed by atoms with Crippen LogP contribution in [0.3, 0.4) is 0 Å². The van der Waals surface area contributed by atoms with Gasteiger partial charge >= 0.3 is 5.97 Å². The Hall–Kier alpha value is -1.18. The molecule has 0 radical (unpaired) electrons. The minimum Gasteiger partial charge on any atom is -0.463 e. The largest absolute Gasteiger partial charge is 0.463 e. The van der Waals surface area contributed by atoms with Crippen molar-refractivity contribution in [2.75, 3.05) is 0 Å². The lowest BCUT2D eigenvalue weighted by atomic mass is 10.2. The number of hydrogen-bond donors (Lipinski definition) is 0. The molecule has 0 atom stereocenters. The Morgan fingerprint density at radius 1 is 1.62 bits per heavy atom. The highest BCUT2D eigenvalue weighted by Gasteiger charge is 1.99. The summed E-state index contributed by atoms with van der Waals surface area (Å²) in [5.74, 6) is -0.0944. The number of unbranched alkanes of at least 4 members (excludes halogenated alkanes) is 1. The average molecular weight is 179 g/mol. The average Bonchev–Trinajstić information content (AvgIpc) is 2.64. The molecule has 0 aliphatic carbocycles. The molecule has 0 saturated heterocycles. The summed E-state index contributed by atoms with van der Waals surface area (Å²) in [7, 11) is 0. The molecule has 0 aliphatic heterocycles. The second-order valence-corrected chi connectivity index (χ2v) is 3.06. The van der Waals surface area contributed by atoms with Crippen LogP contribution in [0.25, 0.3) is 0 Å². The minimum absolute atomic E-state index is 0.0944. The molecule has 0 heterocycles. The molecule has 1 rings (SSSR count). The van der Waals surface area contributed by atoms with Crippen LogP contribution in [0.5, 0.6) is 0 Å². The molecule has 0 amide bonds. The summed E-state index contributed by atoms with van der Waals surface area (Å²) >= 11 is 0. The summed E-state index contributed by atoms with van der Waals surface area (Å²) in [6.07, 6.45) is 2.49. The van der Waals surface area contributed by atoms with Crippen LogP contribution in [0.4, 0.5) is 0 Å². The van der Waals surface area contributed by atoms with Crippen LogP contribution in [0.1, 0.15) is 31.7 Å². The number of ether oxygens (including phenoxy) is 1. The molecular formula is C11H15O2-. The molecule has 0 unspecified atom stereocenters. The van der Waals surface area contributed by atoms with Crippen LogP contribution in [-0.2, 0) is 16.1 Å².